The highest BCUT2D eigenvalue weighted by atomic mass is 16.2. The minimum Gasteiger partial charge on any atom is -0.344 e. The highest BCUT2D eigenvalue weighted by molar-refractivity contribution is 5.96. The van der Waals surface area contributed by atoms with Crippen LogP contribution in [0.4, 0.5) is 5.69 Å². The zero-order valence-corrected chi connectivity index (χ0v) is 23.8. The Kier molecular flexibility index (Phi) is 11.5. The van der Waals surface area contributed by atoms with E-state index in [1.165, 1.54) is 16.7 Å². The Bertz CT molecular complexity index is 1280. The predicted octanol–water partition coefficient (Wildman–Crippen LogP) is 4.98. The molecule has 0 aromatic heterocycles. The molecule has 7 nitrogen and oxygen atoms in total. The van der Waals surface area contributed by atoms with Gasteiger partial charge in [-0.15, -0.1) is 0 Å². The Morgan fingerprint density at radius 2 is 1.54 bits per heavy atom. The lowest BCUT2D eigenvalue weighted by molar-refractivity contribution is -0.138. The molecule has 1 fully saturated rings. The minimum absolute atomic E-state index is 0.0364. The van der Waals surface area contributed by atoms with Crippen LogP contribution in [0.1, 0.15) is 67.2 Å². The second-order valence-electron chi connectivity index (χ2n) is 10.9. The largest absolute Gasteiger partial charge is 0.344 e. The van der Waals surface area contributed by atoms with Gasteiger partial charge in [-0.3, -0.25) is 14.4 Å². The minimum atomic E-state index is -0.576. The molecule has 3 aromatic carbocycles. The highest BCUT2D eigenvalue weighted by Gasteiger charge is 2.29. The van der Waals surface area contributed by atoms with Gasteiger partial charge in [0, 0.05) is 25.2 Å². The number of hydrogen-bond donors (Lipinski definition) is 3. The van der Waals surface area contributed by atoms with Crippen LogP contribution in [0.3, 0.4) is 0 Å². The average Bonchev–Trinajstić information content (AvgIpc) is 3.15. The second-order valence-corrected chi connectivity index (χ2v) is 10.9. The number of amides is 3. The van der Waals surface area contributed by atoms with E-state index in [0.29, 0.717) is 31.6 Å². The third kappa shape index (κ3) is 9.87. The average molecular weight is 555 g/mol. The van der Waals surface area contributed by atoms with Gasteiger partial charge in [0.15, 0.2) is 0 Å². The second kappa shape index (κ2) is 15.7. The van der Waals surface area contributed by atoms with Crippen molar-refractivity contribution in [2.24, 2.45) is 5.73 Å². The van der Waals surface area contributed by atoms with Gasteiger partial charge < -0.3 is 21.3 Å². The van der Waals surface area contributed by atoms with Crippen LogP contribution in [0.25, 0.3) is 0 Å². The fraction of sp³-hybridized carbons (Fsp3) is 0.382. The van der Waals surface area contributed by atoms with Crippen molar-refractivity contribution >= 4 is 23.4 Å². The van der Waals surface area contributed by atoms with Gasteiger partial charge in [0.05, 0.1) is 6.54 Å². The first-order valence-electron chi connectivity index (χ1n) is 14.8. The molecular weight excluding hydrogens is 512 g/mol. The topological polar surface area (TPSA) is 105 Å². The third-order valence-corrected chi connectivity index (χ3v) is 7.54. The summed E-state index contributed by atoms with van der Waals surface area (Å²) in [6.45, 7) is 0.860. The lowest BCUT2D eigenvalue weighted by Gasteiger charge is -2.24. The number of rotatable bonds is 13. The molecule has 1 heterocycles. The number of nitrogens with one attached hydrogen (secondary N) is 2. The molecule has 1 atom stereocenters. The van der Waals surface area contributed by atoms with Gasteiger partial charge in [0.2, 0.25) is 17.7 Å². The molecule has 1 saturated heterocycles. The standard InChI is InChI=1S/C34H42N4O3/c35-24-29-13-9-14-30(23-29)36-33(40)25-38-21-8-7-15-31(34(38)41)37-32(39)16-6-2-3-10-26-17-19-28(20-18-26)22-27-11-4-1-5-12-27/h1,4-5,9,11-14,17-20,23,31H,2-3,6-8,10,15-16,21-22,24-25,35H2,(H,36,40)(H,37,39). The van der Waals surface area contributed by atoms with E-state index >= 15 is 0 Å². The maximum atomic E-state index is 13.1. The summed E-state index contributed by atoms with van der Waals surface area (Å²) in [6.07, 6.45) is 7.32. The van der Waals surface area contributed by atoms with E-state index in [9.17, 15) is 14.4 Å². The highest BCUT2D eigenvalue weighted by Crippen LogP contribution is 2.16. The van der Waals surface area contributed by atoms with Crippen LogP contribution in [0.15, 0.2) is 78.9 Å². The number of carbonyl (C=O) groups excluding carboxylic acids is 3. The van der Waals surface area contributed by atoms with Crippen molar-refractivity contribution in [1.29, 1.82) is 0 Å². The van der Waals surface area contributed by atoms with Gasteiger partial charge in [-0.25, -0.2) is 0 Å². The predicted molar refractivity (Wildman–Crippen MR) is 163 cm³/mol. The zero-order chi connectivity index (χ0) is 28.9. The van der Waals surface area contributed by atoms with Gasteiger partial charge in [-0.05, 0) is 79.3 Å². The van der Waals surface area contributed by atoms with Crippen LogP contribution in [0.2, 0.25) is 0 Å². The normalized spacial score (nSPS) is 15.3. The molecule has 4 rings (SSSR count). The third-order valence-electron chi connectivity index (χ3n) is 7.54. The first-order valence-corrected chi connectivity index (χ1v) is 14.8. The molecule has 1 aliphatic rings. The molecule has 0 radical (unpaired) electrons. The summed E-state index contributed by atoms with van der Waals surface area (Å²) in [5.74, 6) is -0.540. The maximum absolute atomic E-state index is 13.1. The van der Waals surface area contributed by atoms with Crippen molar-refractivity contribution in [3.05, 3.63) is 101 Å². The Morgan fingerprint density at radius 1 is 0.805 bits per heavy atom. The van der Waals surface area contributed by atoms with E-state index in [1.807, 2.05) is 24.3 Å². The molecular formula is C34H42N4O3. The van der Waals surface area contributed by atoms with E-state index in [1.54, 1.807) is 11.0 Å². The summed E-state index contributed by atoms with van der Waals surface area (Å²) in [4.78, 5) is 40.0. The summed E-state index contributed by atoms with van der Waals surface area (Å²) in [6, 6.07) is 26.1. The van der Waals surface area contributed by atoms with Gasteiger partial charge in [0.25, 0.3) is 0 Å². The smallest absolute Gasteiger partial charge is 0.245 e. The molecule has 0 saturated carbocycles. The molecule has 216 valence electrons. The number of likely N-dealkylation sites (tertiary alicyclic amines) is 1. The van der Waals surface area contributed by atoms with Crippen LogP contribution in [-0.2, 0) is 33.8 Å². The molecule has 0 bridgehead atoms. The van der Waals surface area contributed by atoms with E-state index in [-0.39, 0.29) is 24.3 Å². The fourth-order valence-corrected chi connectivity index (χ4v) is 5.26. The van der Waals surface area contributed by atoms with Gasteiger partial charge in [-0.2, -0.15) is 0 Å². The number of carbonyl (C=O) groups is 3. The number of benzene rings is 3. The van der Waals surface area contributed by atoms with Crippen molar-refractivity contribution in [1.82, 2.24) is 10.2 Å². The van der Waals surface area contributed by atoms with Crippen molar-refractivity contribution in [2.45, 2.75) is 70.4 Å². The first-order chi connectivity index (χ1) is 20.0. The van der Waals surface area contributed by atoms with Crippen molar-refractivity contribution in [2.75, 3.05) is 18.4 Å². The fourth-order valence-electron chi connectivity index (χ4n) is 5.26. The van der Waals surface area contributed by atoms with Crippen LogP contribution in [-0.4, -0.2) is 41.8 Å². The molecule has 0 aliphatic carbocycles. The number of hydrogen-bond acceptors (Lipinski definition) is 4. The zero-order valence-electron chi connectivity index (χ0n) is 23.8. The quantitative estimate of drug-likeness (QED) is 0.259. The maximum Gasteiger partial charge on any atom is 0.245 e. The Hall–Kier alpha value is -3.97. The van der Waals surface area contributed by atoms with Crippen molar-refractivity contribution < 1.29 is 14.4 Å². The molecule has 0 spiro atoms. The summed E-state index contributed by atoms with van der Waals surface area (Å²) in [5, 5.41) is 5.78. The summed E-state index contributed by atoms with van der Waals surface area (Å²) < 4.78 is 0. The molecule has 7 heteroatoms. The Labute approximate surface area is 243 Å². The summed E-state index contributed by atoms with van der Waals surface area (Å²) in [7, 11) is 0. The van der Waals surface area contributed by atoms with E-state index < -0.39 is 6.04 Å². The molecule has 1 unspecified atom stereocenters. The molecule has 4 N–H and O–H groups in total. The lowest BCUT2D eigenvalue weighted by atomic mass is 10.0. The number of nitrogens with two attached hydrogens (primary N) is 1. The monoisotopic (exact) mass is 554 g/mol. The Balaban J connectivity index is 1.15. The van der Waals surface area contributed by atoms with Crippen molar-refractivity contribution in [3.8, 4) is 0 Å². The van der Waals surface area contributed by atoms with Crippen molar-refractivity contribution in [3.63, 3.8) is 0 Å². The SMILES string of the molecule is NCc1cccc(NC(=O)CN2CCCCC(NC(=O)CCCCCc3ccc(Cc4ccccc4)cc3)C2=O)c1. The van der Waals surface area contributed by atoms with E-state index in [0.717, 1.165) is 50.5 Å². The van der Waals surface area contributed by atoms with Gasteiger partial charge in [0.1, 0.15) is 6.04 Å². The number of anilines is 1. The van der Waals surface area contributed by atoms with Crippen LogP contribution in [0, 0.1) is 0 Å². The first kappa shape index (κ1) is 30.0. The number of aryl methyl sites for hydroxylation is 1. The van der Waals surface area contributed by atoms with Crippen LogP contribution < -0.4 is 16.4 Å². The summed E-state index contributed by atoms with van der Waals surface area (Å²) in [5.41, 5.74) is 11.2. The Morgan fingerprint density at radius 3 is 2.32 bits per heavy atom. The summed E-state index contributed by atoms with van der Waals surface area (Å²) >= 11 is 0. The molecule has 41 heavy (non-hydrogen) atoms. The number of unbranched alkanes of at least 4 members (excludes halogenated alkanes) is 2. The van der Waals surface area contributed by atoms with Gasteiger partial charge >= 0.3 is 0 Å². The molecule has 1 aliphatic heterocycles. The van der Waals surface area contributed by atoms with E-state index in [4.69, 9.17) is 5.73 Å². The number of nitrogens with zero attached hydrogens (tertiary/aromatic N) is 1. The molecule has 3 amide bonds. The lowest BCUT2D eigenvalue weighted by Crippen LogP contribution is -2.49. The van der Waals surface area contributed by atoms with Gasteiger partial charge in [-0.1, -0.05) is 73.2 Å². The molecule has 3 aromatic rings. The van der Waals surface area contributed by atoms with Crippen LogP contribution in [0.5, 0.6) is 0 Å². The van der Waals surface area contributed by atoms with E-state index in [2.05, 4.69) is 59.2 Å². The van der Waals surface area contributed by atoms with Crippen LogP contribution >= 0.6 is 0 Å².